The van der Waals surface area contributed by atoms with Gasteiger partial charge in [0, 0.05) is 13.2 Å². The maximum atomic E-state index is 11.5. The lowest BCUT2D eigenvalue weighted by Crippen LogP contribution is -2.20. The van der Waals surface area contributed by atoms with Gasteiger partial charge in [-0.25, -0.2) is 4.98 Å². The fraction of sp³-hybridized carbons (Fsp3) is 0.455. The molecule has 2 rings (SSSR count). The summed E-state index contributed by atoms with van der Waals surface area (Å²) < 4.78 is 5.64. The van der Waals surface area contributed by atoms with Crippen LogP contribution in [0.3, 0.4) is 0 Å². The van der Waals surface area contributed by atoms with Gasteiger partial charge >= 0.3 is 0 Å². The first-order valence-corrected chi connectivity index (χ1v) is 5.06. The standard InChI is InChI=1S/C11H14N2O2/c1-7-5-9(15-8-3-4-8)10(13-6-7)11(14)12-2/h5-6,8H,3-4H2,1-2H3,(H,12,14). The topological polar surface area (TPSA) is 51.2 Å². The molecule has 0 aromatic carbocycles. The van der Waals surface area contributed by atoms with Gasteiger partial charge in [-0.1, -0.05) is 0 Å². The van der Waals surface area contributed by atoms with Crippen molar-refractivity contribution in [2.45, 2.75) is 25.9 Å². The van der Waals surface area contributed by atoms with E-state index in [9.17, 15) is 4.79 Å². The second-order valence-corrected chi connectivity index (χ2v) is 3.76. The first kappa shape index (κ1) is 9.96. The summed E-state index contributed by atoms with van der Waals surface area (Å²) in [7, 11) is 1.59. The summed E-state index contributed by atoms with van der Waals surface area (Å²) in [5.41, 5.74) is 1.37. The number of pyridine rings is 1. The van der Waals surface area contributed by atoms with Crippen LogP contribution in [0.4, 0.5) is 0 Å². The monoisotopic (exact) mass is 206 g/mol. The van der Waals surface area contributed by atoms with Crippen molar-refractivity contribution in [1.82, 2.24) is 10.3 Å². The molecule has 15 heavy (non-hydrogen) atoms. The van der Waals surface area contributed by atoms with Crippen LogP contribution < -0.4 is 10.1 Å². The van der Waals surface area contributed by atoms with E-state index >= 15 is 0 Å². The quantitative estimate of drug-likeness (QED) is 0.810. The molecule has 0 spiro atoms. The van der Waals surface area contributed by atoms with E-state index in [2.05, 4.69) is 10.3 Å². The van der Waals surface area contributed by atoms with Crippen LogP contribution >= 0.6 is 0 Å². The number of amides is 1. The van der Waals surface area contributed by atoms with Crippen LogP contribution in [0.5, 0.6) is 5.75 Å². The number of nitrogens with one attached hydrogen (secondary N) is 1. The number of rotatable bonds is 3. The molecule has 4 nitrogen and oxygen atoms in total. The summed E-state index contributed by atoms with van der Waals surface area (Å²) >= 11 is 0. The molecule has 0 aliphatic heterocycles. The molecule has 1 saturated carbocycles. The van der Waals surface area contributed by atoms with Gasteiger partial charge in [0.2, 0.25) is 0 Å². The second kappa shape index (κ2) is 3.88. The smallest absolute Gasteiger partial charge is 0.273 e. The summed E-state index contributed by atoms with van der Waals surface area (Å²) in [6.07, 6.45) is 4.09. The summed E-state index contributed by atoms with van der Waals surface area (Å²) in [6, 6.07) is 1.86. The summed E-state index contributed by atoms with van der Waals surface area (Å²) in [4.78, 5) is 15.6. The van der Waals surface area contributed by atoms with Crippen LogP contribution in [0.25, 0.3) is 0 Å². The number of aryl methyl sites for hydroxylation is 1. The van der Waals surface area contributed by atoms with E-state index in [0.717, 1.165) is 18.4 Å². The molecule has 1 aromatic heterocycles. The number of nitrogens with zero attached hydrogens (tertiary/aromatic N) is 1. The minimum absolute atomic E-state index is 0.203. The molecule has 80 valence electrons. The van der Waals surface area contributed by atoms with Crippen LogP contribution in [0.1, 0.15) is 28.9 Å². The number of ether oxygens (including phenoxy) is 1. The van der Waals surface area contributed by atoms with Gasteiger partial charge in [0.25, 0.3) is 5.91 Å². The van der Waals surface area contributed by atoms with Crippen molar-refractivity contribution in [3.8, 4) is 5.75 Å². The normalized spacial score (nSPS) is 14.8. The molecule has 0 saturated heterocycles. The lowest BCUT2D eigenvalue weighted by Gasteiger charge is -2.09. The van der Waals surface area contributed by atoms with E-state index < -0.39 is 0 Å². The van der Waals surface area contributed by atoms with Crippen LogP contribution in [-0.2, 0) is 0 Å². The number of hydrogen-bond acceptors (Lipinski definition) is 3. The third-order valence-electron chi connectivity index (χ3n) is 2.25. The van der Waals surface area contributed by atoms with Crippen molar-refractivity contribution in [3.05, 3.63) is 23.5 Å². The molecule has 0 unspecified atom stereocenters. The maximum Gasteiger partial charge on any atom is 0.273 e. The predicted octanol–water partition coefficient (Wildman–Crippen LogP) is 1.29. The van der Waals surface area contributed by atoms with Gasteiger partial charge in [-0.05, 0) is 31.4 Å². The van der Waals surface area contributed by atoms with Gasteiger partial charge in [-0.2, -0.15) is 0 Å². The van der Waals surface area contributed by atoms with Crippen molar-refractivity contribution >= 4 is 5.91 Å². The first-order valence-electron chi connectivity index (χ1n) is 5.06. The van der Waals surface area contributed by atoms with Crippen molar-refractivity contribution in [2.24, 2.45) is 0 Å². The highest BCUT2D eigenvalue weighted by atomic mass is 16.5. The van der Waals surface area contributed by atoms with Crippen molar-refractivity contribution in [3.63, 3.8) is 0 Å². The third-order valence-corrected chi connectivity index (χ3v) is 2.25. The first-order chi connectivity index (χ1) is 7.20. The zero-order valence-corrected chi connectivity index (χ0v) is 8.91. The third kappa shape index (κ3) is 2.26. The molecule has 0 bridgehead atoms. The van der Waals surface area contributed by atoms with E-state index in [0.29, 0.717) is 11.4 Å². The van der Waals surface area contributed by atoms with Crippen LogP contribution in [0, 0.1) is 6.92 Å². The van der Waals surface area contributed by atoms with Gasteiger partial charge in [0.15, 0.2) is 11.4 Å². The molecular weight excluding hydrogens is 192 g/mol. The molecule has 1 heterocycles. The van der Waals surface area contributed by atoms with Crippen LogP contribution in [0.2, 0.25) is 0 Å². The highest BCUT2D eigenvalue weighted by molar-refractivity contribution is 5.94. The summed E-state index contributed by atoms with van der Waals surface area (Å²) in [5, 5.41) is 2.55. The largest absolute Gasteiger partial charge is 0.488 e. The van der Waals surface area contributed by atoms with E-state index in [1.165, 1.54) is 0 Å². The Morgan fingerprint density at radius 3 is 2.93 bits per heavy atom. The molecule has 1 aliphatic carbocycles. The lowest BCUT2D eigenvalue weighted by atomic mass is 10.2. The molecular formula is C11H14N2O2. The SMILES string of the molecule is CNC(=O)c1ncc(C)cc1OC1CC1. The van der Waals surface area contributed by atoms with E-state index in [1.54, 1.807) is 13.2 Å². The Labute approximate surface area is 88.7 Å². The maximum absolute atomic E-state index is 11.5. The molecule has 0 radical (unpaired) electrons. The number of carbonyl (C=O) groups is 1. The Morgan fingerprint density at radius 1 is 1.60 bits per heavy atom. The molecule has 1 aliphatic rings. The lowest BCUT2D eigenvalue weighted by molar-refractivity contribution is 0.0953. The minimum atomic E-state index is -0.203. The minimum Gasteiger partial charge on any atom is -0.488 e. The molecule has 1 fully saturated rings. The highest BCUT2D eigenvalue weighted by Crippen LogP contribution is 2.28. The second-order valence-electron chi connectivity index (χ2n) is 3.76. The van der Waals surface area contributed by atoms with Crippen molar-refractivity contribution in [1.29, 1.82) is 0 Å². The Morgan fingerprint density at radius 2 is 2.33 bits per heavy atom. The molecule has 1 amide bonds. The molecule has 1 aromatic rings. The molecule has 4 heteroatoms. The van der Waals surface area contributed by atoms with E-state index in [1.807, 2.05) is 13.0 Å². The summed E-state index contributed by atoms with van der Waals surface area (Å²) in [6.45, 7) is 1.93. The fourth-order valence-electron chi connectivity index (χ4n) is 1.29. The average molecular weight is 206 g/mol. The van der Waals surface area contributed by atoms with Crippen molar-refractivity contribution < 1.29 is 9.53 Å². The zero-order chi connectivity index (χ0) is 10.8. The van der Waals surface area contributed by atoms with E-state index in [-0.39, 0.29) is 12.0 Å². The Bertz CT molecular complexity index is 386. The average Bonchev–Trinajstić information content (AvgIpc) is 3.01. The van der Waals surface area contributed by atoms with Gasteiger partial charge in [0.1, 0.15) is 0 Å². The molecule has 1 N–H and O–H groups in total. The van der Waals surface area contributed by atoms with Gasteiger partial charge in [-0.3, -0.25) is 4.79 Å². The number of aromatic nitrogens is 1. The predicted molar refractivity (Wildman–Crippen MR) is 56.0 cm³/mol. The van der Waals surface area contributed by atoms with Gasteiger partial charge < -0.3 is 10.1 Å². The number of hydrogen-bond donors (Lipinski definition) is 1. The Balaban J connectivity index is 2.29. The highest BCUT2D eigenvalue weighted by Gasteiger charge is 2.26. The fourth-order valence-corrected chi connectivity index (χ4v) is 1.29. The van der Waals surface area contributed by atoms with Crippen LogP contribution in [-0.4, -0.2) is 24.0 Å². The van der Waals surface area contributed by atoms with E-state index in [4.69, 9.17) is 4.74 Å². The molecule has 0 atom stereocenters. The van der Waals surface area contributed by atoms with Gasteiger partial charge in [-0.15, -0.1) is 0 Å². The van der Waals surface area contributed by atoms with Crippen molar-refractivity contribution in [2.75, 3.05) is 7.05 Å². The Kier molecular flexibility index (Phi) is 2.58. The Hall–Kier alpha value is -1.58. The number of carbonyl (C=O) groups excluding carboxylic acids is 1. The van der Waals surface area contributed by atoms with Gasteiger partial charge in [0.05, 0.1) is 6.10 Å². The zero-order valence-electron chi connectivity index (χ0n) is 8.91. The van der Waals surface area contributed by atoms with Crippen LogP contribution in [0.15, 0.2) is 12.3 Å². The summed E-state index contributed by atoms with van der Waals surface area (Å²) in [5.74, 6) is 0.391.